The van der Waals surface area contributed by atoms with Crippen LogP contribution in [0.15, 0.2) is 18.2 Å². The lowest BCUT2D eigenvalue weighted by atomic mass is 10.1. The molecule has 0 amide bonds. The van der Waals surface area contributed by atoms with Gasteiger partial charge in [0, 0.05) is 6.42 Å². The summed E-state index contributed by atoms with van der Waals surface area (Å²) in [6, 6.07) is 4.68. The van der Waals surface area contributed by atoms with Crippen LogP contribution in [-0.2, 0) is 9.53 Å². The second-order valence-electron chi connectivity index (χ2n) is 4.78. The number of hydrogen-bond acceptors (Lipinski definition) is 5. The molecule has 0 aliphatic heterocycles. The van der Waals surface area contributed by atoms with Crippen LogP contribution in [0.2, 0.25) is 0 Å². The molecular formula is C15H20O5. The first-order chi connectivity index (χ1) is 9.47. The van der Waals surface area contributed by atoms with Crippen LogP contribution in [0.25, 0.3) is 0 Å². The molecule has 0 saturated carbocycles. The van der Waals surface area contributed by atoms with Gasteiger partial charge in [0.1, 0.15) is 6.61 Å². The summed E-state index contributed by atoms with van der Waals surface area (Å²) in [5.74, 6) is 0.696. The fraction of sp³-hybridized carbons (Fsp3) is 0.467. The molecular weight excluding hydrogens is 260 g/mol. The van der Waals surface area contributed by atoms with Gasteiger partial charge in [-0.15, -0.1) is 0 Å². The Balaban J connectivity index is 2.75. The molecule has 20 heavy (non-hydrogen) atoms. The highest BCUT2D eigenvalue weighted by molar-refractivity contribution is 5.90. The minimum atomic E-state index is -0.453. The molecule has 5 nitrogen and oxygen atoms in total. The van der Waals surface area contributed by atoms with Gasteiger partial charge in [-0.25, -0.2) is 4.79 Å². The minimum absolute atomic E-state index is 0.00783. The third-order valence-corrected chi connectivity index (χ3v) is 2.61. The van der Waals surface area contributed by atoms with Crippen LogP contribution in [0.5, 0.6) is 11.5 Å². The van der Waals surface area contributed by atoms with Gasteiger partial charge in [-0.1, -0.05) is 13.8 Å². The van der Waals surface area contributed by atoms with Gasteiger partial charge in [0.25, 0.3) is 0 Å². The zero-order valence-electron chi connectivity index (χ0n) is 12.3. The normalized spacial score (nSPS) is 10.2. The van der Waals surface area contributed by atoms with E-state index in [1.54, 1.807) is 12.1 Å². The Morgan fingerprint density at radius 3 is 2.40 bits per heavy atom. The lowest BCUT2D eigenvalue weighted by Gasteiger charge is -2.11. The molecule has 0 N–H and O–H groups in total. The Hall–Kier alpha value is -2.04. The van der Waals surface area contributed by atoms with E-state index in [0.717, 1.165) is 0 Å². The summed E-state index contributed by atoms with van der Waals surface area (Å²) in [5, 5.41) is 0. The van der Waals surface area contributed by atoms with Crippen molar-refractivity contribution in [3.8, 4) is 11.5 Å². The first kappa shape index (κ1) is 16.0. The minimum Gasteiger partial charge on any atom is -0.493 e. The number of ether oxygens (including phenoxy) is 3. The number of rotatable bonds is 7. The van der Waals surface area contributed by atoms with Crippen LogP contribution >= 0.6 is 0 Å². The number of methoxy groups -OCH3 is 2. The van der Waals surface area contributed by atoms with E-state index in [1.165, 1.54) is 20.3 Å². The van der Waals surface area contributed by atoms with Crippen molar-refractivity contribution < 1.29 is 23.8 Å². The first-order valence-corrected chi connectivity index (χ1v) is 6.38. The molecule has 1 aromatic carbocycles. The second kappa shape index (κ2) is 7.53. The Kier molecular flexibility index (Phi) is 6.03. The smallest absolute Gasteiger partial charge is 0.337 e. The summed E-state index contributed by atoms with van der Waals surface area (Å²) in [7, 11) is 2.78. The summed E-state index contributed by atoms with van der Waals surface area (Å²) >= 11 is 0. The molecule has 0 unspecified atom stereocenters. The van der Waals surface area contributed by atoms with Crippen LogP contribution in [0.4, 0.5) is 0 Å². The van der Waals surface area contributed by atoms with Gasteiger partial charge in [0.15, 0.2) is 17.3 Å². The third-order valence-electron chi connectivity index (χ3n) is 2.61. The van der Waals surface area contributed by atoms with E-state index < -0.39 is 5.97 Å². The third kappa shape index (κ3) is 4.57. The Labute approximate surface area is 118 Å². The number of esters is 1. The quantitative estimate of drug-likeness (QED) is 0.718. The van der Waals surface area contributed by atoms with Crippen molar-refractivity contribution in [1.82, 2.24) is 0 Å². The second-order valence-corrected chi connectivity index (χ2v) is 4.78. The summed E-state index contributed by atoms with van der Waals surface area (Å²) in [4.78, 5) is 23.0. The predicted octanol–water partition coefficient (Wildman–Crippen LogP) is 2.48. The van der Waals surface area contributed by atoms with Gasteiger partial charge in [0.2, 0.25) is 0 Å². The molecule has 110 valence electrons. The van der Waals surface area contributed by atoms with E-state index in [0.29, 0.717) is 29.4 Å². The zero-order chi connectivity index (χ0) is 15.1. The Morgan fingerprint density at radius 2 is 1.85 bits per heavy atom. The van der Waals surface area contributed by atoms with Gasteiger partial charge >= 0.3 is 5.97 Å². The fourth-order valence-electron chi connectivity index (χ4n) is 1.70. The molecule has 5 heteroatoms. The average molecular weight is 280 g/mol. The van der Waals surface area contributed by atoms with Gasteiger partial charge in [-0.05, 0) is 24.1 Å². The van der Waals surface area contributed by atoms with Gasteiger partial charge in [0.05, 0.1) is 19.8 Å². The molecule has 0 fully saturated rings. The van der Waals surface area contributed by atoms with Gasteiger partial charge in [-0.2, -0.15) is 0 Å². The maximum atomic E-state index is 11.6. The highest BCUT2D eigenvalue weighted by Crippen LogP contribution is 2.28. The maximum Gasteiger partial charge on any atom is 0.337 e. The molecule has 1 aromatic rings. The van der Waals surface area contributed by atoms with Crippen LogP contribution < -0.4 is 9.47 Å². The fourth-order valence-corrected chi connectivity index (χ4v) is 1.70. The summed E-state index contributed by atoms with van der Waals surface area (Å²) in [6.45, 7) is 3.94. The molecule has 0 bridgehead atoms. The lowest BCUT2D eigenvalue weighted by molar-refractivity contribution is -0.121. The molecule has 0 heterocycles. The van der Waals surface area contributed by atoms with Crippen molar-refractivity contribution in [2.75, 3.05) is 20.8 Å². The molecule has 0 spiro atoms. The van der Waals surface area contributed by atoms with Crippen molar-refractivity contribution in [2.45, 2.75) is 20.3 Å². The monoisotopic (exact) mass is 280 g/mol. The van der Waals surface area contributed by atoms with Gasteiger partial charge in [-0.3, -0.25) is 4.79 Å². The van der Waals surface area contributed by atoms with Crippen molar-refractivity contribution in [2.24, 2.45) is 5.92 Å². The maximum absolute atomic E-state index is 11.6. The zero-order valence-corrected chi connectivity index (χ0v) is 12.3. The standard InChI is InChI=1S/C15H20O5/c1-10(2)7-12(16)9-20-13-6-5-11(15(17)19-4)8-14(13)18-3/h5-6,8,10H,7,9H2,1-4H3. The summed E-state index contributed by atoms with van der Waals surface area (Å²) in [5.41, 5.74) is 0.366. The summed E-state index contributed by atoms with van der Waals surface area (Å²) < 4.78 is 15.2. The van der Waals surface area contributed by atoms with E-state index in [1.807, 2.05) is 13.8 Å². The topological polar surface area (TPSA) is 61.8 Å². The highest BCUT2D eigenvalue weighted by atomic mass is 16.5. The molecule has 0 radical (unpaired) electrons. The molecule has 0 aliphatic rings. The largest absolute Gasteiger partial charge is 0.493 e. The number of carbonyl (C=O) groups is 2. The number of Topliss-reactive ketones (excluding diaryl/α,β-unsaturated/α-hetero) is 1. The Morgan fingerprint density at radius 1 is 1.15 bits per heavy atom. The molecule has 0 aromatic heterocycles. The van der Waals surface area contributed by atoms with E-state index in [9.17, 15) is 9.59 Å². The van der Waals surface area contributed by atoms with Crippen molar-refractivity contribution in [1.29, 1.82) is 0 Å². The van der Waals surface area contributed by atoms with Crippen molar-refractivity contribution in [3.63, 3.8) is 0 Å². The van der Waals surface area contributed by atoms with E-state index in [-0.39, 0.29) is 12.4 Å². The van der Waals surface area contributed by atoms with E-state index in [2.05, 4.69) is 4.74 Å². The lowest BCUT2D eigenvalue weighted by Crippen LogP contribution is -2.14. The predicted molar refractivity (Wildman–Crippen MR) is 74.3 cm³/mol. The summed E-state index contributed by atoms with van der Waals surface area (Å²) in [6.07, 6.45) is 0.475. The van der Waals surface area contributed by atoms with E-state index in [4.69, 9.17) is 9.47 Å². The molecule has 0 saturated heterocycles. The van der Waals surface area contributed by atoms with E-state index >= 15 is 0 Å². The molecule has 1 rings (SSSR count). The van der Waals surface area contributed by atoms with Crippen LogP contribution in [0.3, 0.4) is 0 Å². The molecule has 0 atom stereocenters. The van der Waals surface area contributed by atoms with Crippen LogP contribution in [-0.4, -0.2) is 32.6 Å². The number of benzene rings is 1. The highest BCUT2D eigenvalue weighted by Gasteiger charge is 2.13. The Bertz CT molecular complexity index is 479. The SMILES string of the molecule is COC(=O)c1ccc(OCC(=O)CC(C)C)c(OC)c1. The van der Waals surface area contributed by atoms with Crippen LogP contribution in [0.1, 0.15) is 30.6 Å². The van der Waals surface area contributed by atoms with Gasteiger partial charge < -0.3 is 14.2 Å². The van der Waals surface area contributed by atoms with Crippen molar-refractivity contribution in [3.05, 3.63) is 23.8 Å². The number of carbonyl (C=O) groups excluding carboxylic acids is 2. The number of hydrogen-bond donors (Lipinski definition) is 0. The number of ketones is 1. The molecule has 0 aliphatic carbocycles. The average Bonchev–Trinajstić information content (AvgIpc) is 2.43. The first-order valence-electron chi connectivity index (χ1n) is 6.38. The van der Waals surface area contributed by atoms with Crippen molar-refractivity contribution >= 4 is 11.8 Å². The van der Waals surface area contributed by atoms with Crippen LogP contribution in [0, 0.1) is 5.92 Å².